The van der Waals surface area contributed by atoms with E-state index in [2.05, 4.69) is 13.8 Å². The quantitative estimate of drug-likeness (QED) is 0.717. The van der Waals surface area contributed by atoms with Crippen molar-refractivity contribution in [3.63, 3.8) is 0 Å². The first kappa shape index (κ1) is 12.7. The van der Waals surface area contributed by atoms with Crippen molar-refractivity contribution in [3.8, 4) is 0 Å². The minimum atomic E-state index is -0.0853. The molecule has 102 valence electrons. The Labute approximate surface area is 110 Å². The lowest BCUT2D eigenvalue weighted by molar-refractivity contribution is -0.144. The van der Waals surface area contributed by atoms with Gasteiger partial charge < -0.3 is 5.11 Å². The van der Waals surface area contributed by atoms with Gasteiger partial charge in [0.05, 0.1) is 6.10 Å². The van der Waals surface area contributed by atoms with Crippen LogP contribution in [0.5, 0.6) is 0 Å². The Kier molecular flexibility index (Phi) is 3.04. The molecule has 18 heavy (non-hydrogen) atoms. The molecule has 3 saturated carbocycles. The van der Waals surface area contributed by atoms with Gasteiger partial charge in [0.15, 0.2) is 0 Å². The summed E-state index contributed by atoms with van der Waals surface area (Å²) in [5, 5.41) is 9.89. The van der Waals surface area contributed by atoms with E-state index < -0.39 is 0 Å². The number of fused-ring (bicyclic) bond motifs is 3. The van der Waals surface area contributed by atoms with E-state index in [0.29, 0.717) is 34.9 Å². The molecule has 1 N–H and O–H groups in total. The third-order valence-electron chi connectivity index (χ3n) is 6.43. The molecule has 3 aliphatic rings. The third-order valence-corrected chi connectivity index (χ3v) is 6.43. The molecule has 0 aromatic heterocycles. The smallest absolute Gasteiger partial charge is 0.139 e. The maximum absolute atomic E-state index is 12.4. The average Bonchev–Trinajstić information content (AvgIpc) is 2.34. The molecule has 0 aromatic carbocycles. The van der Waals surface area contributed by atoms with Crippen LogP contribution >= 0.6 is 0 Å². The molecule has 3 rings (SSSR count). The summed E-state index contributed by atoms with van der Waals surface area (Å²) in [6.07, 6.45) is 7.53. The molecule has 2 heteroatoms. The Morgan fingerprint density at radius 1 is 1.17 bits per heavy atom. The molecule has 0 spiro atoms. The number of Topliss-reactive ketones (excluding diaryl/α,β-unsaturated/α-hetero) is 1. The van der Waals surface area contributed by atoms with Crippen LogP contribution in [0.2, 0.25) is 0 Å². The van der Waals surface area contributed by atoms with Gasteiger partial charge in [-0.15, -0.1) is 0 Å². The fraction of sp³-hybridized carbons (Fsp3) is 0.938. The lowest BCUT2D eigenvalue weighted by Gasteiger charge is -2.56. The maximum Gasteiger partial charge on any atom is 0.139 e. The number of rotatable bonds is 0. The number of carbonyl (C=O) groups excluding carboxylic acids is 1. The number of ketones is 1. The third kappa shape index (κ3) is 1.76. The van der Waals surface area contributed by atoms with Crippen molar-refractivity contribution in [2.75, 3.05) is 0 Å². The first-order chi connectivity index (χ1) is 8.52. The number of hydrogen-bond donors (Lipinski definition) is 1. The fourth-order valence-corrected chi connectivity index (χ4v) is 5.18. The highest BCUT2D eigenvalue weighted by molar-refractivity contribution is 5.84. The van der Waals surface area contributed by atoms with Crippen molar-refractivity contribution in [3.05, 3.63) is 0 Å². The fourth-order valence-electron chi connectivity index (χ4n) is 5.18. The summed E-state index contributed by atoms with van der Waals surface area (Å²) in [4.78, 5) is 12.4. The Morgan fingerprint density at radius 3 is 2.72 bits per heavy atom. The van der Waals surface area contributed by atoms with Crippen molar-refractivity contribution in [2.24, 2.45) is 29.1 Å². The number of aliphatic hydroxyl groups is 1. The topological polar surface area (TPSA) is 37.3 Å². The minimum absolute atomic E-state index is 0.0853. The molecule has 0 aliphatic heterocycles. The zero-order valence-electron chi connectivity index (χ0n) is 11.7. The van der Waals surface area contributed by atoms with Gasteiger partial charge in [-0.2, -0.15) is 0 Å². The molecule has 3 fully saturated rings. The van der Waals surface area contributed by atoms with Gasteiger partial charge >= 0.3 is 0 Å². The molecule has 0 amide bonds. The predicted octanol–water partition coefficient (Wildman–Crippen LogP) is 3.18. The molecular formula is C16H26O2. The molecular weight excluding hydrogens is 224 g/mol. The van der Waals surface area contributed by atoms with Crippen LogP contribution in [0.25, 0.3) is 0 Å². The average molecular weight is 250 g/mol. The Balaban J connectivity index is 1.86. The Hall–Kier alpha value is -0.370. The van der Waals surface area contributed by atoms with E-state index in [1.54, 1.807) is 0 Å². The lowest BCUT2D eigenvalue weighted by atomic mass is 9.48. The normalized spacial score (nSPS) is 52.6. The van der Waals surface area contributed by atoms with Gasteiger partial charge in [0, 0.05) is 11.8 Å². The lowest BCUT2D eigenvalue weighted by Crippen LogP contribution is -2.52. The molecule has 3 aliphatic carbocycles. The van der Waals surface area contributed by atoms with Crippen molar-refractivity contribution >= 4 is 5.78 Å². The van der Waals surface area contributed by atoms with Crippen molar-refractivity contribution < 1.29 is 9.90 Å². The van der Waals surface area contributed by atoms with Gasteiger partial charge in [0.2, 0.25) is 0 Å². The van der Waals surface area contributed by atoms with Crippen LogP contribution in [-0.2, 0) is 4.79 Å². The zero-order chi connectivity index (χ0) is 12.9. The van der Waals surface area contributed by atoms with E-state index in [1.807, 2.05) is 0 Å². The standard InChI is InChI=1S/C16H26O2/c1-10-3-6-14-13(15(10)18)5-4-11-9-12(17)7-8-16(11,14)2/h10-14,17H,3-9H2,1-2H3/t10-,11-,12+,13+,14+,16+/m1/s1. The summed E-state index contributed by atoms with van der Waals surface area (Å²) in [6.45, 7) is 4.52. The summed E-state index contributed by atoms with van der Waals surface area (Å²) < 4.78 is 0. The SMILES string of the molecule is C[C@@H]1CC[C@H]2[C@H](CC[C@@H]3C[C@@H](O)CC[C@@]32C)C1=O. The van der Waals surface area contributed by atoms with Crippen LogP contribution in [0.3, 0.4) is 0 Å². The monoisotopic (exact) mass is 250 g/mol. The van der Waals surface area contributed by atoms with Crippen LogP contribution in [0.15, 0.2) is 0 Å². The number of hydrogen-bond acceptors (Lipinski definition) is 2. The Bertz CT molecular complexity index is 351. The second kappa shape index (κ2) is 4.33. The number of aliphatic hydroxyl groups excluding tert-OH is 1. The van der Waals surface area contributed by atoms with Gasteiger partial charge in [-0.25, -0.2) is 0 Å². The van der Waals surface area contributed by atoms with Crippen molar-refractivity contribution in [1.82, 2.24) is 0 Å². The summed E-state index contributed by atoms with van der Waals surface area (Å²) >= 11 is 0. The van der Waals surface area contributed by atoms with Gasteiger partial charge in [0.1, 0.15) is 5.78 Å². The molecule has 0 heterocycles. The largest absolute Gasteiger partial charge is 0.393 e. The molecule has 0 aromatic rings. The van der Waals surface area contributed by atoms with Crippen LogP contribution in [0.4, 0.5) is 0 Å². The second-order valence-electron chi connectivity index (χ2n) is 7.30. The van der Waals surface area contributed by atoms with E-state index in [9.17, 15) is 9.90 Å². The molecule has 0 radical (unpaired) electrons. The van der Waals surface area contributed by atoms with Crippen molar-refractivity contribution in [2.45, 2.75) is 64.9 Å². The van der Waals surface area contributed by atoms with E-state index >= 15 is 0 Å². The predicted molar refractivity (Wildman–Crippen MR) is 71.1 cm³/mol. The van der Waals surface area contributed by atoms with Gasteiger partial charge in [-0.3, -0.25) is 4.79 Å². The summed E-state index contributed by atoms with van der Waals surface area (Å²) in [6, 6.07) is 0. The summed E-state index contributed by atoms with van der Waals surface area (Å²) in [5.41, 5.74) is 0.331. The highest BCUT2D eigenvalue weighted by atomic mass is 16.3. The Morgan fingerprint density at radius 2 is 1.94 bits per heavy atom. The summed E-state index contributed by atoms with van der Waals surface area (Å²) in [5.74, 6) is 2.43. The molecule has 2 nitrogen and oxygen atoms in total. The van der Waals surface area contributed by atoms with Crippen LogP contribution in [0, 0.1) is 29.1 Å². The van der Waals surface area contributed by atoms with Crippen LogP contribution < -0.4 is 0 Å². The highest BCUT2D eigenvalue weighted by Gasteiger charge is 2.53. The van der Waals surface area contributed by atoms with E-state index in [4.69, 9.17) is 0 Å². The first-order valence-electron chi connectivity index (χ1n) is 7.74. The van der Waals surface area contributed by atoms with Gasteiger partial charge in [-0.1, -0.05) is 13.8 Å². The molecule has 0 bridgehead atoms. The van der Waals surface area contributed by atoms with E-state index in [1.165, 1.54) is 6.42 Å². The van der Waals surface area contributed by atoms with E-state index in [-0.39, 0.29) is 6.10 Å². The molecule has 0 saturated heterocycles. The second-order valence-corrected chi connectivity index (χ2v) is 7.30. The van der Waals surface area contributed by atoms with Crippen molar-refractivity contribution in [1.29, 1.82) is 0 Å². The number of carbonyl (C=O) groups is 1. The van der Waals surface area contributed by atoms with Gasteiger partial charge in [-0.05, 0) is 62.2 Å². The van der Waals surface area contributed by atoms with E-state index in [0.717, 1.165) is 38.5 Å². The molecule has 6 atom stereocenters. The molecule has 0 unspecified atom stereocenters. The zero-order valence-corrected chi connectivity index (χ0v) is 11.7. The van der Waals surface area contributed by atoms with Crippen LogP contribution in [-0.4, -0.2) is 17.0 Å². The van der Waals surface area contributed by atoms with Crippen LogP contribution in [0.1, 0.15) is 58.8 Å². The minimum Gasteiger partial charge on any atom is -0.393 e. The first-order valence-corrected chi connectivity index (χ1v) is 7.74. The van der Waals surface area contributed by atoms with Gasteiger partial charge in [0.25, 0.3) is 0 Å². The summed E-state index contributed by atoms with van der Waals surface area (Å²) in [7, 11) is 0. The highest BCUT2D eigenvalue weighted by Crippen LogP contribution is 2.58. The maximum atomic E-state index is 12.4.